The standard InChI is InChI=1S/C47H36N2O7/c1-26-9-8-14-34(41(26)50)38-33-23-24-35-39(46(55)48(44(35)53)31-19-15-29(16-20-31)42(51)27-10-4-2-5-11-27)36(33)25-37-40(38)47(56)49(45(37)54)32-21-17-30(18-22-32)43(52)28-12-6-3-7-13-28/h2-23,35-40,50H,24-25H2,1H3/t35-,36+,37+,38+,39-,40+/m0/s1. The minimum atomic E-state index is -0.863. The lowest BCUT2D eigenvalue weighted by molar-refractivity contribution is -0.126. The van der Waals surface area contributed by atoms with E-state index in [1.807, 2.05) is 18.2 Å². The SMILES string of the molecule is Cc1cccc([C@H]2C3=CC[C@@H]4C(=O)N(c5ccc(C(=O)c6ccccc6)cc5)C(=O)[C@@H]4[C@@H]3C[C@H]3C(=O)N(c4ccc(C(=O)c5ccccc5)cc4)C(=O)[C@@H]23)c1O. The Morgan fingerprint density at radius 2 is 1.02 bits per heavy atom. The van der Waals surface area contributed by atoms with E-state index in [9.17, 15) is 33.9 Å². The normalized spacial score (nSPS) is 24.1. The average Bonchev–Trinajstić information content (AvgIpc) is 3.64. The summed E-state index contributed by atoms with van der Waals surface area (Å²) in [4.78, 5) is 86.2. The molecule has 9 rings (SSSR count). The summed E-state index contributed by atoms with van der Waals surface area (Å²) in [6, 6.07) is 35.9. The van der Waals surface area contributed by atoms with Gasteiger partial charge in [-0.25, -0.2) is 0 Å². The first-order valence-corrected chi connectivity index (χ1v) is 18.8. The molecule has 2 aliphatic carbocycles. The van der Waals surface area contributed by atoms with Crippen molar-refractivity contribution in [2.24, 2.45) is 29.6 Å². The van der Waals surface area contributed by atoms with Crippen molar-refractivity contribution in [3.8, 4) is 5.75 Å². The molecule has 6 atom stereocenters. The van der Waals surface area contributed by atoms with Crippen molar-refractivity contribution in [3.63, 3.8) is 0 Å². The molecule has 1 N–H and O–H groups in total. The zero-order chi connectivity index (χ0) is 38.8. The molecule has 5 aromatic carbocycles. The summed E-state index contributed by atoms with van der Waals surface area (Å²) in [7, 11) is 0. The largest absolute Gasteiger partial charge is 0.507 e. The molecule has 1 saturated carbocycles. The Kier molecular flexibility index (Phi) is 8.45. The smallest absolute Gasteiger partial charge is 0.238 e. The van der Waals surface area contributed by atoms with Crippen LogP contribution in [0, 0.1) is 36.5 Å². The van der Waals surface area contributed by atoms with Crippen LogP contribution in [0.1, 0.15) is 61.7 Å². The van der Waals surface area contributed by atoms with E-state index in [0.717, 1.165) is 5.57 Å². The van der Waals surface area contributed by atoms with Gasteiger partial charge in [0.25, 0.3) is 0 Å². The van der Waals surface area contributed by atoms with Crippen LogP contribution in [0.3, 0.4) is 0 Å². The number of imide groups is 2. The zero-order valence-corrected chi connectivity index (χ0v) is 30.4. The molecular weight excluding hydrogens is 705 g/mol. The van der Waals surface area contributed by atoms with E-state index in [-0.39, 0.29) is 36.1 Å². The number of carbonyl (C=O) groups is 6. The number of para-hydroxylation sites is 1. The van der Waals surface area contributed by atoms with Crippen molar-refractivity contribution in [2.45, 2.75) is 25.7 Å². The highest BCUT2D eigenvalue weighted by molar-refractivity contribution is 6.24. The molecule has 2 aliphatic heterocycles. The summed E-state index contributed by atoms with van der Waals surface area (Å²) < 4.78 is 0. The molecule has 56 heavy (non-hydrogen) atoms. The van der Waals surface area contributed by atoms with Crippen LogP contribution < -0.4 is 9.80 Å². The highest BCUT2D eigenvalue weighted by Crippen LogP contribution is 2.59. The molecule has 9 heteroatoms. The molecular formula is C47H36N2O7. The number of allylic oxidation sites excluding steroid dienone is 2. The fraction of sp³-hybridized carbons (Fsp3) is 0.191. The monoisotopic (exact) mass is 740 g/mol. The Morgan fingerprint density at radius 3 is 1.55 bits per heavy atom. The van der Waals surface area contributed by atoms with Crippen molar-refractivity contribution in [1.29, 1.82) is 0 Å². The quantitative estimate of drug-likeness (QED) is 0.106. The van der Waals surface area contributed by atoms with Gasteiger partial charge in [0.1, 0.15) is 5.75 Å². The number of hydrogen-bond acceptors (Lipinski definition) is 7. The summed E-state index contributed by atoms with van der Waals surface area (Å²) in [5.41, 5.74) is 4.43. The van der Waals surface area contributed by atoms with Gasteiger partial charge < -0.3 is 5.11 Å². The molecule has 0 unspecified atom stereocenters. The summed E-state index contributed by atoms with van der Waals surface area (Å²) >= 11 is 0. The Labute approximate surface area is 322 Å². The topological polar surface area (TPSA) is 129 Å². The van der Waals surface area contributed by atoms with Gasteiger partial charge in [-0.1, -0.05) is 90.5 Å². The maximum atomic E-state index is 14.6. The fourth-order valence-corrected chi connectivity index (χ4v) is 9.41. The molecule has 5 aromatic rings. The molecule has 2 saturated heterocycles. The Balaban J connectivity index is 1.05. The third-order valence-electron chi connectivity index (χ3n) is 12.1. The third kappa shape index (κ3) is 5.45. The number of amides is 4. The fourth-order valence-electron chi connectivity index (χ4n) is 9.41. The molecule has 2 heterocycles. The molecule has 0 bridgehead atoms. The van der Waals surface area contributed by atoms with Crippen molar-refractivity contribution in [3.05, 3.63) is 172 Å². The van der Waals surface area contributed by atoms with E-state index in [1.165, 1.54) is 9.80 Å². The predicted molar refractivity (Wildman–Crippen MR) is 208 cm³/mol. The van der Waals surface area contributed by atoms with Crippen LogP contribution in [0.15, 0.2) is 139 Å². The van der Waals surface area contributed by atoms with Gasteiger partial charge in [-0.15, -0.1) is 0 Å². The second kappa shape index (κ2) is 13.5. The maximum absolute atomic E-state index is 14.6. The minimum absolute atomic E-state index is 0.0167. The summed E-state index contributed by atoms with van der Waals surface area (Å²) in [6.45, 7) is 1.77. The van der Waals surface area contributed by atoms with Crippen molar-refractivity contribution in [1.82, 2.24) is 0 Å². The number of rotatable bonds is 7. The van der Waals surface area contributed by atoms with E-state index in [1.54, 1.807) is 122 Å². The summed E-state index contributed by atoms with van der Waals surface area (Å²) in [6.07, 6.45) is 2.37. The second-order valence-electron chi connectivity index (χ2n) is 15.0. The van der Waals surface area contributed by atoms with Gasteiger partial charge in [0.05, 0.1) is 35.0 Å². The number of phenols is 1. The molecule has 3 fully saturated rings. The summed E-state index contributed by atoms with van der Waals surface area (Å²) in [5, 5.41) is 11.5. The molecule has 276 valence electrons. The van der Waals surface area contributed by atoms with Crippen molar-refractivity contribution in [2.75, 3.05) is 9.80 Å². The number of anilines is 2. The van der Waals surface area contributed by atoms with Gasteiger partial charge in [-0.2, -0.15) is 0 Å². The van der Waals surface area contributed by atoms with Gasteiger partial charge in [0.2, 0.25) is 23.6 Å². The van der Waals surface area contributed by atoms with E-state index < -0.39 is 53.2 Å². The van der Waals surface area contributed by atoms with Crippen molar-refractivity contribution >= 4 is 46.6 Å². The van der Waals surface area contributed by atoms with Crippen LogP contribution >= 0.6 is 0 Å². The highest BCUT2D eigenvalue weighted by Gasteiger charge is 2.62. The second-order valence-corrected chi connectivity index (χ2v) is 15.0. The third-order valence-corrected chi connectivity index (χ3v) is 12.1. The first-order chi connectivity index (χ1) is 27.1. The van der Waals surface area contributed by atoms with E-state index >= 15 is 0 Å². The number of aromatic hydroxyl groups is 1. The molecule has 0 radical (unpaired) electrons. The molecule has 4 aliphatic rings. The van der Waals surface area contributed by atoms with Gasteiger partial charge in [-0.05, 0) is 79.8 Å². The molecule has 9 nitrogen and oxygen atoms in total. The first kappa shape index (κ1) is 35.0. The predicted octanol–water partition coefficient (Wildman–Crippen LogP) is 7.21. The van der Waals surface area contributed by atoms with Crippen LogP contribution in [0.25, 0.3) is 0 Å². The summed E-state index contributed by atoms with van der Waals surface area (Å²) in [5.74, 6) is -6.38. The minimum Gasteiger partial charge on any atom is -0.507 e. The van der Waals surface area contributed by atoms with E-state index in [2.05, 4.69) is 0 Å². The lowest BCUT2D eigenvalue weighted by Gasteiger charge is -2.44. The first-order valence-electron chi connectivity index (χ1n) is 18.8. The Hall–Kier alpha value is -6.74. The number of aryl methyl sites for hydroxylation is 1. The lowest BCUT2D eigenvalue weighted by atomic mass is 9.57. The van der Waals surface area contributed by atoms with Crippen molar-refractivity contribution < 1.29 is 33.9 Å². The lowest BCUT2D eigenvalue weighted by Crippen LogP contribution is -2.43. The number of nitrogens with zero attached hydrogens (tertiary/aromatic N) is 2. The average molecular weight is 741 g/mol. The van der Waals surface area contributed by atoms with Gasteiger partial charge >= 0.3 is 0 Å². The highest BCUT2D eigenvalue weighted by atomic mass is 16.3. The number of phenolic OH excluding ortho intramolecular Hbond substituents is 1. The van der Waals surface area contributed by atoms with Gasteiger partial charge in [0, 0.05) is 33.7 Å². The maximum Gasteiger partial charge on any atom is 0.238 e. The van der Waals surface area contributed by atoms with Gasteiger partial charge in [0.15, 0.2) is 11.6 Å². The van der Waals surface area contributed by atoms with Crippen LogP contribution in [0.4, 0.5) is 11.4 Å². The Morgan fingerprint density at radius 1 is 0.536 bits per heavy atom. The number of ketones is 2. The molecule has 4 amide bonds. The van der Waals surface area contributed by atoms with Crippen LogP contribution in [-0.2, 0) is 19.2 Å². The van der Waals surface area contributed by atoms with E-state index in [4.69, 9.17) is 0 Å². The van der Waals surface area contributed by atoms with Crippen LogP contribution in [0.5, 0.6) is 5.75 Å². The number of fused-ring (bicyclic) bond motifs is 4. The van der Waals surface area contributed by atoms with Gasteiger partial charge in [-0.3, -0.25) is 38.6 Å². The number of benzene rings is 5. The van der Waals surface area contributed by atoms with E-state index in [0.29, 0.717) is 44.8 Å². The number of hydrogen-bond donors (Lipinski definition) is 1. The molecule has 0 aromatic heterocycles. The molecule has 0 spiro atoms. The van der Waals surface area contributed by atoms with Crippen LogP contribution in [0.2, 0.25) is 0 Å². The number of carbonyl (C=O) groups excluding carboxylic acids is 6. The van der Waals surface area contributed by atoms with Crippen LogP contribution in [-0.4, -0.2) is 40.3 Å². The zero-order valence-electron chi connectivity index (χ0n) is 30.4. The Bertz CT molecular complexity index is 2490.